The van der Waals surface area contributed by atoms with E-state index in [9.17, 15) is 8.78 Å². The van der Waals surface area contributed by atoms with Crippen LogP contribution in [-0.2, 0) is 0 Å². The van der Waals surface area contributed by atoms with Crippen LogP contribution in [0.2, 0.25) is 0 Å². The summed E-state index contributed by atoms with van der Waals surface area (Å²) in [5.41, 5.74) is 0.333. The number of aromatic nitrogens is 1. The lowest BCUT2D eigenvalue weighted by Crippen LogP contribution is -2.36. The Bertz CT molecular complexity index is 430. The van der Waals surface area contributed by atoms with Crippen molar-refractivity contribution in [3.8, 4) is 11.9 Å². The Hall–Kier alpha value is -1.74. The Morgan fingerprint density at radius 1 is 1.62 bits per heavy atom. The Morgan fingerprint density at radius 2 is 2.44 bits per heavy atom. The van der Waals surface area contributed by atoms with Crippen molar-refractivity contribution in [1.29, 1.82) is 5.26 Å². The van der Waals surface area contributed by atoms with E-state index in [0.717, 1.165) is 0 Å². The van der Waals surface area contributed by atoms with Gasteiger partial charge in [-0.3, -0.25) is 0 Å². The fourth-order valence-corrected chi connectivity index (χ4v) is 1.45. The second kappa shape index (κ2) is 4.02. The molecule has 0 bridgehead atoms. The van der Waals surface area contributed by atoms with Crippen molar-refractivity contribution in [2.45, 2.75) is 12.0 Å². The van der Waals surface area contributed by atoms with E-state index in [2.05, 4.69) is 10.3 Å². The number of pyridine rings is 1. The number of hydrogen-bond acceptors (Lipinski definition) is 4. The van der Waals surface area contributed by atoms with Crippen LogP contribution in [0.15, 0.2) is 18.3 Å². The van der Waals surface area contributed by atoms with E-state index in [1.807, 2.05) is 6.07 Å². The summed E-state index contributed by atoms with van der Waals surface area (Å²) >= 11 is 0. The molecule has 2 heterocycles. The molecule has 6 heteroatoms. The minimum Gasteiger partial charge on any atom is -0.466 e. The van der Waals surface area contributed by atoms with Crippen LogP contribution < -0.4 is 10.1 Å². The fraction of sp³-hybridized carbons (Fsp3) is 0.400. The first kappa shape index (κ1) is 10.8. The van der Waals surface area contributed by atoms with Gasteiger partial charge in [0.25, 0.3) is 5.92 Å². The molecule has 0 aliphatic carbocycles. The van der Waals surface area contributed by atoms with Crippen LogP contribution in [0.4, 0.5) is 8.78 Å². The zero-order chi connectivity index (χ0) is 11.6. The smallest absolute Gasteiger partial charge is 0.297 e. The molecule has 1 aliphatic heterocycles. The molecule has 0 unspecified atom stereocenters. The second-order valence-corrected chi connectivity index (χ2v) is 3.49. The summed E-state index contributed by atoms with van der Waals surface area (Å²) < 4.78 is 31.5. The molecule has 1 atom stereocenters. The molecule has 1 aromatic rings. The molecule has 0 aromatic carbocycles. The molecular weight excluding hydrogens is 216 g/mol. The van der Waals surface area contributed by atoms with Crippen LogP contribution in [0.3, 0.4) is 0 Å². The van der Waals surface area contributed by atoms with Crippen molar-refractivity contribution >= 4 is 0 Å². The minimum absolute atomic E-state index is 0.0485. The van der Waals surface area contributed by atoms with Crippen molar-refractivity contribution in [2.75, 3.05) is 13.1 Å². The molecule has 16 heavy (non-hydrogen) atoms. The standard InChI is InChI=1S/C10H9F2N3O/c11-10(12)6-14-5-8(10)16-9-3-7(4-13)1-2-15-9/h1-3,8,14H,5-6H2/t8-/m0/s1. The monoisotopic (exact) mass is 225 g/mol. The third kappa shape index (κ3) is 2.09. The SMILES string of the molecule is N#Cc1ccnc(O[C@H]2CNCC2(F)F)c1. The van der Waals surface area contributed by atoms with Gasteiger partial charge in [-0.2, -0.15) is 5.26 Å². The Labute approximate surface area is 90.9 Å². The maximum absolute atomic E-state index is 13.2. The van der Waals surface area contributed by atoms with Crippen LogP contribution in [0.25, 0.3) is 0 Å². The van der Waals surface area contributed by atoms with Gasteiger partial charge in [-0.1, -0.05) is 0 Å². The number of nitrogens with zero attached hydrogens (tertiary/aromatic N) is 2. The third-order valence-corrected chi connectivity index (χ3v) is 2.29. The highest BCUT2D eigenvalue weighted by Crippen LogP contribution is 2.25. The summed E-state index contributed by atoms with van der Waals surface area (Å²) in [6, 6.07) is 4.72. The number of nitriles is 1. The molecule has 1 aromatic heterocycles. The number of alkyl halides is 2. The maximum Gasteiger partial charge on any atom is 0.297 e. The number of halogens is 2. The zero-order valence-corrected chi connectivity index (χ0v) is 8.28. The lowest BCUT2D eigenvalue weighted by atomic mass is 10.2. The van der Waals surface area contributed by atoms with E-state index in [0.29, 0.717) is 5.56 Å². The molecule has 84 valence electrons. The van der Waals surface area contributed by atoms with Crippen LogP contribution >= 0.6 is 0 Å². The summed E-state index contributed by atoms with van der Waals surface area (Å²) in [6.45, 7) is -0.318. The largest absolute Gasteiger partial charge is 0.466 e. The van der Waals surface area contributed by atoms with Gasteiger partial charge in [0.15, 0.2) is 6.10 Å². The zero-order valence-electron chi connectivity index (χ0n) is 8.28. The van der Waals surface area contributed by atoms with Gasteiger partial charge < -0.3 is 10.1 Å². The van der Waals surface area contributed by atoms with Gasteiger partial charge in [0.05, 0.1) is 18.2 Å². The first-order valence-corrected chi connectivity index (χ1v) is 4.73. The van der Waals surface area contributed by atoms with Crippen molar-refractivity contribution in [3.63, 3.8) is 0 Å². The molecule has 1 saturated heterocycles. The second-order valence-electron chi connectivity index (χ2n) is 3.49. The minimum atomic E-state index is -2.90. The Morgan fingerprint density at radius 3 is 3.06 bits per heavy atom. The molecule has 1 aliphatic rings. The predicted octanol–water partition coefficient (Wildman–Crippen LogP) is 0.939. The molecule has 2 rings (SSSR count). The van der Waals surface area contributed by atoms with Gasteiger partial charge >= 0.3 is 0 Å². The van der Waals surface area contributed by atoms with E-state index in [-0.39, 0.29) is 12.4 Å². The summed E-state index contributed by atoms with van der Waals surface area (Å²) in [7, 11) is 0. The molecule has 0 amide bonds. The van der Waals surface area contributed by atoms with Gasteiger partial charge in [-0.15, -0.1) is 0 Å². The fourth-order valence-electron chi connectivity index (χ4n) is 1.45. The summed E-state index contributed by atoms with van der Waals surface area (Å²) in [5, 5.41) is 11.2. The molecule has 1 N–H and O–H groups in total. The Balaban J connectivity index is 2.12. The van der Waals surface area contributed by atoms with Gasteiger partial charge in [-0.05, 0) is 6.07 Å². The predicted molar refractivity (Wildman–Crippen MR) is 51.2 cm³/mol. The van der Waals surface area contributed by atoms with Crippen LogP contribution in [0, 0.1) is 11.3 Å². The van der Waals surface area contributed by atoms with Gasteiger partial charge in [0.1, 0.15) is 0 Å². The van der Waals surface area contributed by atoms with E-state index in [1.54, 1.807) is 0 Å². The summed E-state index contributed by atoms with van der Waals surface area (Å²) in [4.78, 5) is 3.78. The highest BCUT2D eigenvalue weighted by atomic mass is 19.3. The lowest BCUT2D eigenvalue weighted by Gasteiger charge is -2.18. The normalized spacial score (nSPS) is 22.7. The Kier molecular flexibility index (Phi) is 2.71. The summed E-state index contributed by atoms with van der Waals surface area (Å²) in [5.74, 6) is -2.85. The van der Waals surface area contributed by atoms with E-state index in [4.69, 9.17) is 10.00 Å². The van der Waals surface area contributed by atoms with Crippen LogP contribution in [0.1, 0.15) is 5.56 Å². The molecule has 0 radical (unpaired) electrons. The molecular formula is C10H9F2N3O. The number of ether oxygens (including phenoxy) is 1. The van der Waals surface area contributed by atoms with E-state index < -0.39 is 18.6 Å². The molecule has 0 spiro atoms. The van der Waals surface area contributed by atoms with Crippen LogP contribution in [-0.4, -0.2) is 30.1 Å². The van der Waals surface area contributed by atoms with Crippen molar-refractivity contribution in [1.82, 2.24) is 10.3 Å². The van der Waals surface area contributed by atoms with Crippen molar-refractivity contribution in [2.24, 2.45) is 0 Å². The average Bonchev–Trinajstić information content (AvgIpc) is 2.59. The average molecular weight is 225 g/mol. The lowest BCUT2D eigenvalue weighted by molar-refractivity contribution is -0.0612. The van der Waals surface area contributed by atoms with Gasteiger partial charge in [0.2, 0.25) is 5.88 Å². The maximum atomic E-state index is 13.2. The van der Waals surface area contributed by atoms with Crippen molar-refractivity contribution in [3.05, 3.63) is 23.9 Å². The van der Waals surface area contributed by atoms with Crippen LogP contribution in [0.5, 0.6) is 5.88 Å². The quantitative estimate of drug-likeness (QED) is 0.813. The first-order valence-electron chi connectivity index (χ1n) is 4.73. The van der Waals surface area contributed by atoms with Gasteiger partial charge in [-0.25, -0.2) is 13.8 Å². The summed E-state index contributed by atoms with van der Waals surface area (Å²) in [6.07, 6.45) is 0.128. The van der Waals surface area contributed by atoms with E-state index in [1.165, 1.54) is 18.3 Å². The number of hydrogen-bond donors (Lipinski definition) is 1. The molecule has 1 fully saturated rings. The van der Waals surface area contributed by atoms with E-state index >= 15 is 0 Å². The topological polar surface area (TPSA) is 57.9 Å². The molecule has 0 saturated carbocycles. The van der Waals surface area contributed by atoms with Crippen molar-refractivity contribution < 1.29 is 13.5 Å². The number of rotatable bonds is 2. The third-order valence-electron chi connectivity index (χ3n) is 2.29. The first-order chi connectivity index (χ1) is 7.62. The highest BCUT2D eigenvalue weighted by Gasteiger charge is 2.46. The number of nitrogens with one attached hydrogen (secondary N) is 1. The molecule has 4 nitrogen and oxygen atoms in total. The highest BCUT2D eigenvalue weighted by molar-refractivity contribution is 5.31. The van der Waals surface area contributed by atoms with Gasteiger partial charge in [0, 0.05) is 18.8 Å².